The molecule has 2 N–H and O–H groups in total. The molecule has 0 aliphatic rings. The molecule has 0 radical (unpaired) electrons. The predicted octanol–water partition coefficient (Wildman–Crippen LogP) is 3.72. The summed E-state index contributed by atoms with van der Waals surface area (Å²) in [5.41, 5.74) is 3.18. The van der Waals surface area contributed by atoms with Crippen molar-refractivity contribution in [3.8, 4) is 0 Å². The molecule has 0 atom stereocenters. The first-order chi connectivity index (χ1) is 11.0. The Bertz CT molecular complexity index is 742. The summed E-state index contributed by atoms with van der Waals surface area (Å²) in [4.78, 5) is 23.5. The summed E-state index contributed by atoms with van der Waals surface area (Å²) in [5, 5.41) is 7.30. The first-order valence-corrected chi connectivity index (χ1v) is 7.33. The van der Waals surface area contributed by atoms with E-state index in [0.717, 1.165) is 0 Å². The van der Waals surface area contributed by atoms with Crippen LogP contribution in [0, 0.1) is 0 Å². The summed E-state index contributed by atoms with van der Waals surface area (Å²) in [5.74, 6) is -0.669. The van der Waals surface area contributed by atoms with Gasteiger partial charge in [0, 0.05) is 10.7 Å². The lowest BCUT2D eigenvalue weighted by Gasteiger charge is -2.07. The maximum absolute atomic E-state index is 11.9. The molecule has 0 saturated carbocycles. The Kier molecular flexibility index (Phi) is 5.78. The molecular weight excluding hydrogens is 341 g/mol. The van der Waals surface area contributed by atoms with E-state index in [-0.39, 0.29) is 18.1 Å². The molecule has 1 heterocycles. The maximum atomic E-state index is 11.9. The minimum Gasteiger partial charge on any atom is -0.459 e. The fraction of sp³-hybridized carbons (Fsp3) is 0.133. The van der Waals surface area contributed by atoms with Gasteiger partial charge in [-0.1, -0.05) is 23.2 Å². The van der Waals surface area contributed by atoms with Crippen molar-refractivity contribution >= 4 is 46.4 Å². The van der Waals surface area contributed by atoms with Gasteiger partial charge in [0.05, 0.1) is 23.4 Å². The van der Waals surface area contributed by atoms with E-state index in [0.29, 0.717) is 21.4 Å². The zero-order valence-corrected chi connectivity index (χ0v) is 13.6. The Morgan fingerprint density at radius 1 is 1.26 bits per heavy atom. The normalized spacial score (nSPS) is 11.2. The second kappa shape index (κ2) is 7.80. The molecule has 0 aliphatic heterocycles. The zero-order valence-electron chi connectivity index (χ0n) is 12.1. The fourth-order valence-electron chi connectivity index (χ4n) is 1.67. The monoisotopic (exact) mass is 353 g/mol. The molecule has 0 saturated heterocycles. The number of furan rings is 1. The van der Waals surface area contributed by atoms with Gasteiger partial charge in [-0.3, -0.25) is 9.59 Å². The predicted molar refractivity (Wildman–Crippen MR) is 89.0 cm³/mol. The highest BCUT2D eigenvalue weighted by atomic mass is 35.5. The number of nitrogens with zero attached hydrogens (tertiary/aromatic N) is 1. The second-order valence-corrected chi connectivity index (χ2v) is 5.46. The zero-order chi connectivity index (χ0) is 16.8. The molecule has 2 amide bonds. The van der Waals surface area contributed by atoms with Gasteiger partial charge in [0.1, 0.15) is 0 Å². The third-order valence-electron chi connectivity index (χ3n) is 2.71. The molecule has 6 nitrogen and oxygen atoms in total. The van der Waals surface area contributed by atoms with Crippen molar-refractivity contribution in [2.24, 2.45) is 5.10 Å². The Labute approximate surface area is 142 Å². The third kappa shape index (κ3) is 5.12. The molecule has 2 rings (SSSR count). The number of halogens is 2. The molecule has 23 heavy (non-hydrogen) atoms. The number of rotatable bonds is 5. The number of anilines is 1. The first kappa shape index (κ1) is 17.1. The highest BCUT2D eigenvalue weighted by molar-refractivity contribution is 6.36. The largest absolute Gasteiger partial charge is 0.459 e. The van der Waals surface area contributed by atoms with Gasteiger partial charge in [0.25, 0.3) is 0 Å². The van der Waals surface area contributed by atoms with Gasteiger partial charge >= 0.3 is 5.91 Å². The van der Waals surface area contributed by atoms with Crippen LogP contribution in [-0.4, -0.2) is 17.5 Å². The van der Waals surface area contributed by atoms with Crippen molar-refractivity contribution in [2.75, 3.05) is 5.32 Å². The molecule has 2 aromatic rings. The van der Waals surface area contributed by atoms with Crippen LogP contribution < -0.4 is 10.7 Å². The number of carbonyl (C=O) groups excluding carboxylic acids is 2. The number of hydrazone groups is 1. The van der Waals surface area contributed by atoms with E-state index in [9.17, 15) is 9.59 Å². The van der Waals surface area contributed by atoms with Crippen molar-refractivity contribution in [1.82, 2.24) is 5.43 Å². The molecule has 0 bridgehead atoms. The Morgan fingerprint density at radius 2 is 2.04 bits per heavy atom. The van der Waals surface area contributed by atoms with E-state index in [1.54, 1.807) is 25.1 Å². The molecule has 1 aromatic heterocycles. The molecule has 1 aromatic carbocycles. The van der Waals surface area contributed by atoms with Crippen LogP contribution in [-0.2, 0) is 4.79 Å². The standard InChI is InChI=1S/C15H13Cl2N3O3/c1-9(19-20-15(22)13-3-2-6-23-13)7-14(21)18-12-5-4-10(16)8-11(12)17/h2-6,8H,7H2,1H3,(H,18,21)(H,20,22). The van der Waals surface area contributed by atoms with Crippen LogP contribution in [0.2, 0.25) is 10.0 Å². The molecule has 0 unspecified atom stereocenters. The van der Waals surface area contributed by atoms with Gasteiger partial charge < -0.3 is 9.73 Å². The van der Waals surface area contributed by atoms with Gasteiger partial charge in [-0.15, -0.1) is 0 Å². The summed E-state index contributed by atoms with van der Waals surface area (Å²) >= 11 is 11.8. The summed E-state index contributed by atoms with van der Waals surface area (Å²) < 4.78 is 4.92. The topological polar surface area (TPSA) is 83.7 Å². The number of carbonyl (C=O) groups is 2. The summed E-state index contributed by atoms with van der Waals surface area (Å²) in [6, 6.07) is 7.86. The SMILES string of the molecule is CC(CC(=O)Nc1ccc(Cl)cc1Cl)=NNC(=O)c1ccco1. The Hall–Kier alpha value is -2.31. The molecule has 0 fully saturated rings. The Morgan fingerprint density at radius 3 is 2.70 bits per heavy atom. The number of hydrogen-bond acceptors (Lipinski definition) is 4. The quantitative estimate of drug-likeness (QED) is 0.634. The van der Waals surface area contributed by atoms with Crippen LogP contribution >= 0.6 is 23.2 Å². The van der Waals surface area contributed by atoms with Gasteiger partial charge in [-0.05, 0) is 37.3 Å². The number of hydrogen-bond donors (Lipinski definition) is 2. The van der Waals surface area contributed by atoms with E-state index in [2.05, 4.69) is 15.8 Å². The van der Waals surface area contributed by atoms with Crippen LogP contribution in [0.15, 0.2) is 46.1 Å². The summed E-state index contributed by atoms with van der Waals surface area (Å²) in [7, 11) is 0. The minimum absolute atomic E-state index is 0.00259. The average Bonchev–Trinajstić information content (AvgIpc) is 3.02. The second-order valence-electron chi connectivity index (χ2n) is 4.61. The molecular formula is C15H13Cl2N3O3. The van der Waals surface area contributed by atoms with Crippen molar-refractivity contribution in [1.29, 1.82) is 0 Å². The van der Waals surface area contributed by atoms with Crippen molar-refractivity contribution in [3.05, 3.63) is 52.4 Å². The van der Waals surface area contributed by atoms with Crippen LogP contribution in [0.5, 0.6) is 0 Å². The van der Waals surface area contributed by atoms with Gasteiger partial charge in [0.2, 0.25) is 5.91 Å². The van der Waals surface area contributed by atoms with Crippen LogP contribution in [0.4, 0.5) is 5.69 Å². The lowest BCUT2D eigenvalue weighted by molar-refractivity contribution is -0.115. The molecule has 0 spiro atoms. The fourth-order valence-corrected chi connectivity index (χ4v) is 2.12. The van der Waals surface area contributed by atoms with Crippen LogP contribution in [0.25, 0.3) is 0 Å². The van der Waals surface area contributed by atoms with Gasteiger partial charge in [0.15, 0.2) is 5.76 Å². The van der Waals surface area contributed by atoms with Crippen molar-refractivity contribution in [2.45, 2.75) is 13.3 Å². The van der Waals surface area contributed by atoms with Gasteiger partial charge in [-0.25, -0.2) is 5.43 Å². The molecule has 120 valence electrons. The minimum atomic E-state index is -0.490. The summed E-state index contributed by atoms with van der Waals surface area (Å²) in [6.07, 6.45) is 1.38. The first-order valence-electron chi connectivity index (χ1n) is 6.57. The van der Waals surface area contributed by atoms with Crippen molar-refractivity contribution < 1.29 is 14.0 Å². The van der Waals surface area contributed by atoms with E-state index in [1.165, 1.54) is 18.4 Å². The highest BCUT2D eigenvalue weighted by Crippen LogP contribution is 2.25. The number of benzene rings is 1. The lowest BCUT2D eigenvalue weighted by atomic mass is 10.2. The Balaban J connectivity index is 1.89. The third-order valence-corrected chi connectivity index (χ3v) is 3.26. The van der Waals surface area contributed by atoms with E-state index >= 15 is 0 Å². The molecule has 0 aliphatic carbocycles. The number of amides is 2. The van der Waals surface area contributed by atoms with Crippen LogP contribution in [0.3, 0.4) is 0 Å². The van der Waals surface area contributed by atoms with Crippen molar-refractivity contribution in [3.63, 3.8) is 0 Å². The van der Waals surface area contributed by atoms with E-state index < -0.39 is 5.91 Å². The lowest BCUT2D eigenvalue weighted by Crippen LogP contribution is -2.21. The highest BCUT2D eigenvalue weighted by Gasteiger charge is 2.10. The summed E-state index contributed by atoms with van der Waals surface area (Å²) in [6.45, 7) is 1.62. The molecule has 8 heteroatoms. The number of nitrogens with one attached hydrogen (secondary N) is 2. The van der Waals surface area contributed by atoms with E-state index in [1.807, 2.05) is 0 Å². The van der Waals surface area contributed by atoms with Gasteiger partial charge in [-0.2, -0.15) is 5.10 Å². The maximum Gasteiger partial charge on any atom is 0.307 e. The average molecular weight is 354 g/mol. The smallest absolute Gasteiger partial charge is 0.307 e. The van der Waals surface area contributed by atoms with Crippen LogP contribution in [0.1, 0.15) is 23.9 Å². The van der Waals surface area contributed by atoms with E-state index in [4.69, 9.17) is 27.6 Å².